The van der Waals surface area contributed by atoms with E-state index in [9.17, 15) is 9.59 Å². The molecule has 132 valence electrons. The molecule has 0 aliphatic carbocycles. The highest BCUT2D eigenvalue weighted by molar-refractivity contribution is 5.94. The van der Waals surface area contributed by atoms with E-state index in [4.69, 9.17) is 0 Å². The molecule has 1 atom stereocenters. The van der Waals surface area contributed by atoms with Crippen molar-refractivity contribution in [3.63, 3.8) is 0 Å². The van der Waals surface area contributed by atoms with E-state index in [0.29, 0.717) is 6.54 Å². The van der Waals surface area contributed by atoms with E-state index in [1.165, 1.54) is 6.92 Å². The fourth-order valence-corrected chi connectivity index (χ4v) is 2.79. The lowest BCUT2D eigenvalue weighted by atomic mass is 10.0. The molecule has 0 bridgehead atoms. The van der Waals surface area contributed by atoms with Crippen LogP contribution < -0.4 is 10.2 Å². The smallest absolute Gasteiger partial charge is 0.229 e. The highest BCUT2D eigenvalue weighted by Gasteiger charge is 2.22. The molecule has 1 N–H and O–H groups in total. The number of hydrogen-bond donors (Lipinski definition) is 1. The highest BCUT2D eigenvalue weighted by Crippen LogP contribution is 2.21. The van der Waals surface area contributed by atoms with Crippen molar-refractivity contribution in [2.24, 2.45) is 0 Å². The maximum absolute atomic E-state index is 13.0. The first-order valence-electron chi connectivity index (χ1n) is 8.79. The second kappa shape index (κ2) is 9.62. The number of nitrogens with one attached hydrogen (secondary N) is 1. The van der Waals surface area contributed by atoms with Crippen LogP contribution in [0.4, 0.5) is 5.69 Å². The van der Waals surface area contributed by atoms with Gasteiger partial charge >= 0.3 is 0 Å². The third-order valence-electron chi connectivity index (χ3n) is 4.06. The Balaban J connectivity index is 2.19. The number of rotatable bonds is 8. The number of carbonyl (C=O) groups is 2. The largest absolute Gasteiger partial charge is 0.349 e. The number of anilines is 1. The van der Waals surface area contributed by atoms with Crippen molar-refractivity contribution in [3.05, 3.63) is 66.2 Å². The van der Waals surface area contributed by atoms with Gasteiger partial charge in [-0.3, -0.25) is 9.59 Å². The van der Waals surface area contributed by atoms with Gasteiger partial charge in [-0.1, -0.05) is 61.9 Å². The van der Waals surface area contributed by atoms with E-state index in [-0.39, 0.29) is 24.3 Å². The molecule has 2 aromatic carbocycles. The molecular weight excluding hydrogens is 312 g/mol. The van der Waals surface area contributed by atoms with Crippen LogP contribution in [0.2, 0.25) is 0 Å². The summed E-state index contributed by atoms with van der Waals surface area (Å²) in [6.45, 7) is 4.27. The number of carbonyl (C=O) groups excluding carboxylic acids is 2. The first-order chi connectivity index (χ1) is 12.1. The molecule has 0 aliphatic rings. The number of amides is 2. The second-order valence-corrected chi connectivity index (χ2v) is 6.10. The maximum Gasteiger partial charge on any atom is 0.229 e. The molecule has 2 aromatic rings. The molecule has 0 aliphatic heterocycles. The molecule has 2 rings (SSSR count). The van der Waals surface area contributed by atoms with E-state index in [1.54, 1.807) is 0 Å². The van der Waals surface area contributed by atoms with Gasteiger partial charge in [0.1, 0.15) is 0 Å². The Kier molecular flexibility index (Phi) is 7.20. The predicted octanol–water partition coefficient (Wildman–Crippen LogP) is 4.09. The summed E-state index contributed by atoms with van der Waals surface area (Å²) in [5, 5.41) is 2.90. The van der Waals surface area contributed by atoms with Gasteiger partial charge in [-0.25, -0.2) is 0 Å². The first-order valence-corrected chi connectivity index (χ1v) is 8.79. The number of benzene rings is 2. The quantitative estimate of drug-likeness (QED) is 0.788. The number of hydrogen-bond acceptors (Lipinski definition) is 2. The SMILES string of the molecule is CCCCN(C(=O)CC(NC(C)=O)c1ccccc1)c1ccccc1. The fourth-order valence-electron chi connectivity index (χ4n) is 2.79. The van der Waals surface area contributed by atoms with Crippen molar-refractivity contribution in [2.45, 2.75) is 39.2 Å². The van der Waals surface area contributed by atoms with Gasteiger partial charge in [0.05, 0.1) is 12.5 Å². The van der Waals surface area contributed by atoms with Crippen LogP contribution >= 0.6 is 0 Å². The summed E-state index contributed by atoms with van der Waals surface area (Å²) >= 11 is 0. The second-order valence-electron chi connectivity index (χ2n) is 6.10. The minimum atomic E-state index is -0.320. The minimum Gasteiger partial charge on any atom is -0.349 e. The Morgan fingerprint density at radius 3 is 2.16 bits per heavy atom. The molecule has 25 heavy (non-hydrogen) atoms. The van der Waals surface area contributed by atoms with Crippen LogP contribution in [-0.4, -0.2) is 18.4 Å². The zero-order valence-corrected chi connectivity index (χ0v) is 14.9. The van der Waals surface area contributed by atoms with Crippen LogP contribution in [0.3, 0.4) is 0 Å². The number of unbranched alkanes of at least 4 members (excludes halogenated alkanes) is 1. The van der Waals surface area contributed by atoms with E-state index in [0.717, 1.165) is 24.1 Å². The molecule has 2 amide bonds. The molecule has 0 radical (unpaired) electrons. The Morgan fingerprint density at radius 1 is 1.00 bits per heavy atom. The van der Waals surface area contributed by atoms with Crippen molar-refractivity contribution < 1.29 is 9.59 Å². The Hall–Kier alpha value is -2.62. The molecule has 0 fully saturated rings. The van der Waals surface area contributed by atoms with E-state index in [1.807, 2.05) is 65.6 Å². The van der Waals surface area contributed by atoms with Crippen molar-refractivity contribution >= 4 is 17.5 Å². The molecule has 1 unspecified atom stereocenters. The average molecular weight is 338 g/mol. The Morgan fingerprint density at radius 2 is 1.60 bits per heavy atom. The predicted molar refractivity (Wildman–Crippen MR) is 101 cm³/mol. The van der Waals surface area contributed by atoms with Crippen molar-refractivity contribution in [1.82, 2.24) is 5.32 Å². The molecule has 0 spiro atoms. The van der Waals surface area contributed by atoms with Crippen LogP contribution in [0.5, 0.6) is 0 Å². The molecular formula is C21H26N2O2. The van der Waals surface area contributed by atoms with E-state index >= 15 is 0 Å². The third kappa shape index (κ3) is 5.75. The van der Waals surface area contributed by atoms with Gasteiger partial charge in [0.2, 0.25) is 11.8 Å². The Bertz CT molecular complexity index is 671. The van der Waals surface area contributed by atoms with Gasteiger partial charge in [-0.15, -0.1) is 0 Å². The van der Waals surface area contributed by atoms with Crippen molar-refractivity contribution in [1.29, 1.82) is 0 Å². The summed E-state index contributed by atoms with van der Waals surface area (Å²) in [6.07, 6.45) is 2.20. The summed E-state index contributed by atoms with van der Waals surface area (Å²) in [4.78, 5) is 26.4. The normalized spacial score (nSPS) is 11.6. The van der Waals surface area contributed by atoms with Crippen LogP contribution in [0.15, 0.2) is 60.7 Å². The number of nitrogens with zero attached hydrogens (tertiary/aromatic N) is 1. The molecule has 0 saturated heterocycles. The summed E-state index contributed by atoms with van der Waals surface area (Å²) in [5.41, 5.74) is 1.84. The number of para-hydroxylation sites is 1. The first kappa shape index (κ1) is 18.7. The van der Waals surface area contributed by atoms with E-state index in [2.05, 4.69) is 12.2 Å². The minimum absolute atomic E-state index is 0.0160. The van der Waals surface area contributed by atoms with Gasteiger partial charge < -0.3 is 10.2 Å². The van der Waals surface area contributed by atoms with Gasteiger partial charge in [-0.2, -0.15) is 0 Å². The topological polar surface area (TPSA) is 49.4 Å². The van der Waals surface area contributed by atoms with Crippen LogP contribution in [0, 0.1) is 0 Å². The van der Waals surface area contributed by atoms with Crippen LogP contribution in [0.1, 0.15) is 44.7 Å². The summed E-state index contributed by atoms with van der Waals surface area (Å²) in [7, 11) is 0. The molecule has 0 heterocycles. The summed E-state index contributed by atoms with van der Waals surface area (Å²) in [5.74, 6) is -0.122. The lowest BCUT2D eigenvalue weighted by Crippen LogP contribution is -2.36. The van der Waals surface area contributed by atoms with Crippen molar-refractivity contribution in [2.75, 3.05) is 11.4 Å². The molecule has 4 heteroatoms. The molecule has 4 nitrogen and oxygen atoms in total. The fraction of sp³-hybridized carbons (Fsp3) is 0.333. The summed E-state index contributed by atoms with van der Waals surface area (Å²) < 4.78 is 0. The maximum atomic E-state index is 13.0. The van der Waals surface area contributed by atoms with Crippen LogP contribution in [-0.2, 0) is 9.59 Å². The van der Waals surface area contributed by atoms with Gasteiger partial charge in [0.15, 0.2) is 0 Å². The Labute approximate surface area is 149 Å². The lowest BCUT2D eigenvalue weighted by Gasteiger charge is -2.26. The third-order valence-corrected chi connectivity index (χ3v) is 4.06. The van der Waals surface area contributed by atoms with E-state index < -0.39 is 0 Å². The standard InChI is InChI=1S/C21H26N2O2/c1-3-4-15-23(19-13-9-6-10-14-19)21(25)16-20(22-17(2)24)18-11-7-5-8-12-18/h5-14,20H,3-4,15-16H2,1-2H3,(H,22,24). The monoisotopic (exact) mass is 338 g/mol. The molecule has 0 saturated carbocycles. The average Bonchev–Trinajstić information content (AvgIpc) is 2.63. The van der Waals surface area contributed by atoms with Gasteiger partial charge in [0.25, 0.3) is 0 Å². The zero-order valence-electron chi connectivity index (χ0n) is 14.9. The van der Waals surface area contributed by atoms with Gasteiger partial charge in [0, 0.05) is 19.2 Å². The van der Waals surface area contributed by atoms with Gasteiger partial charge in [-0.05, 0) is 24.1 Å². The summed E-state index contributed by atoms with van der Waals surface area (Å²) in [6, 6.07) is 19.0. The van der Waals surface area contributed by atoms with Crippen molar-refractivity contribution in [3.8, 4) is 0 Å². The molecule has 0 aromatic heterocycles. The highest BCUT2D eigenvalue weighted by atomic mass is 16.2. The zero-order chi connectivity index (χ0) is 18.1. The lowest BCUT2D eigenvalue weighted by molar-refractivity contribution is -0.121. The van der Waals surface area contributed by atoms with Crippen LogP contribution in [0.25, 0.3) is 0 Å².